The first-order valence-electron chi connectivity index (χ1n) is 9.30. The van der Waals surface area contributed by atoms with Crippen LogP contribution >= 0.6 is 11.6 Å². The lowest BCUT2D eigenvalue weighted by molar-refractivity contribution is -0.140. The average Bonchev–Trinajstić information content (AvgIpc) is 2.77. The third kappa shape index (κ3) is 6.71. The van der Waals surface area contributed by atoms with Crippen LogP contribution in [0.5, 0.6) is 23.0 Å². The van der Waals surface area contributed by atoms with Gasteiger partial charge in [-0.15, -0.1) is 11.6 Å². The summed E-state index contributed by atoms with van der Waals surface area (Å²) in [7, 11) is 7.73. The maximum atomic E-state index is 11.9. The van der Waals surface area contributed by atoms with Crippen molar-refractivity contribution in [3.63, 3.8) is 0 Å². The molecule has 30 heavy (non-hydrogen) atoms. The van der Waals surface area contributed by atoms with E-state index < -0.39 is 11.3 Å². The predicted octanol–water partition coefficient (Wildman–Crippen LogP) is 3.50. The fraction of sp³-hybridized carbons (Fsp3) is 0.409. The monoisotopic (exact) mass is 437 g/mol. The molecule has 7 nitrogen and oxygen atoms in total. The van der Waals surface area contributed by atoms with E-state index in [2.05, 4.69) is 0 Å². The Balaban J connectivity index is 2.32. The van der Waals surface area contributed by atoms with Crippen LogP contribution in [0.1, 0.15) is 11.1 Å². The van der Waals surface area contributed by atoms with Crippen molar-refractivity contribution in [2.24, 2.45) is 0 Å². The summed E-state index contributed by atoms with van der Waals surface area (Å²) >= 11 is 6.28. The van der Waals surface area contributed by atoms with Crippen LogP contribution < -0.4 is 18.9 Å². The summed E-state index contributed by atoms with van der Waals surface area (Å²) in [6.07, 6.45) is 0. The molecule has 0 saturated carbocycles. The molecule has 0 amide bonds. The number of rotatable bonds is 11. The first-order chi connectivity index (χ1) is 14.4. The summed E-state index contributed by atoms with van der Waals surface area (Å²) in [5.74, 6) is 2.25. The summed E-state index contributed by atoms with van der Waals surface area (Å²) < 4.78 is 26.2. The molecule has 0 aliphatic heterocycles. The minimum atomic E-state index is -0.810. The number of carbonyl (C=O) groups is 1. The lowest BCUT2D eigenvalue weighted by atomic mass is 10.1. The Morgan fingerprint density at radius 3 is 1.43 bits per heavy atom. The Labute approximate surface area is 182 Å². The molecular formula is C22H28ClNO6. The maximum absolute atomic E-state index is 11.9. The quantitative estimate of drug-likeness (QED) is 0.393. The summed E-state index contributed by atoms with van der Waals surface area (Å²) in [5.41, 5.74) is 1.91. The Morgan fingerprint density at radius 2 is 1.13 bits per heavy atom. The molecule has 0 aliphatic carbocycles. The first-order valence-corrected chi connectivity index (χ1v) is 9.74. The van der Waals surface area contributed by atoms with Gasteiger partial charge in [0.2, 0.25) is 0 Å². The van der Waals surface area contributed by atoms with E-state index >= 15 is 0 Å². The predicted molar refractivity (Wildman–Crippen MR) is 115 cm³/mol. The molecule has 0 heterocycles. The van der Waals surface area contributed by atoms with Gasteiger partial charge in [0.25, 0.3) is 0 Å². The Kier molecular flexibility index (Phi) is 9.08. The van der Waals surface area contributed by atoms with E-state index in [1.165, 1.54) is 7.11 Å². The number of methoxy groups -OCH3 is 5. The van der Waals surface area contributed by atoms with E-state index in [0.29, 0.717) is 36.1 Å². The van der Waals surface area contributed by atoms with Crippen LogP contribution in [0.2, 0.25) is 0 Å². The number of benzene rings is 2. The molecule has 0 radical (unpaired) electrons. The number of hydrogen-bond acceptors (Lipinski definition) is 7. The fourth-order valence-corrected chi connectivity index (χ4v) is 3.33. The Morgan fingerprint density at radius 1 is 0.767 bits per heavy atom. The van der Waals surface area contributed by atoms with Gasteiger partial charge in [-0.3, -0.25) is 9.69 Å². The van der Waals surface area contributed by atoms with Crippen LogP contribution in [0.15, 0.2) is 36.4 Å². The van der Waals surface area contributed by atoms with Crippen LogP contribution in [0, 0.1) is 0 Å². The lowest BCUT2D eigenvalue weighted by Gasteiger charge is -2.25. The van der Waals surface area contributed by atoms with Crippen molar-refractivity contribution in [2.75, 3.05) is 42.1 Å². The van der Waals surface area contributed by atoms with E-state index in [4.69, 9.17) is 35.3 Å². The number of carbonyl (C=O) groups excluding carboxylic acids is 1. The minimum Gasteiger partial charge on any atom is -0.497 e. The van der Waals surface area contributed by atoms with Crippen LogP contribution in [0.3, 0.4) is 0 Å². The number of halogens is 1. The zero-order valence-corrected chi connectivity index (χ0v) is 18.7. The van der Waals surface area contributed by atoms with E-state index in [-0.39, 0.29) is 6.54 Å². The van der Waals surface area contributed by atoms with Gasteiger partial charge < -0.3 is 23.7 Å². The highest BCUT2D eigenvalue weighted by Gasteiger charge is 2.21. The molecule has 0 aliphatic rings. The zero-order valence-electron chi connectivity index (χ0n) is 17.9. The minimum absolute atomic E-state index is 0.285. The molecule has 0 N–H and O–H groups in total. The lowest BCUT2D eigenvalue weighted by Crippen LogP contribution is -2.34. The van der Waals surface area contributed by atoms with Gasteiger partial charge in [-0.1, -0.05) is 0 Å². The number of hydrogen-bond donors (Lipinski definition) is 0. The van der Waals surface area contributed by atoms with E-state index in [1.807, 2.05) is 29.2 Å². The zero-order chi connectivity index (χ0) is 22.1. The second kappa shape index (κ2) is 11.5. The highest BCUT2D eigenvalue weighted by atomic mass is 35.5. The van der Waals surface area contributed by atoms with Crippen LogP contribution in [0.4, 0.5) is 0 Å². The summed E-state index contributed by atoms with van der Waals surface area (Å²) in [5, 5.41) is -0.810. The van der Waals surface area contributed by atoms with Gasteiger partial charge in [0.1, 0.15) is 28.4 Å². The number of alkyl halides is 1. The van der Waals surface area contributed by atoms with E-state index in [1.54, 1.807) is 40.6 Å². The molecule has 0 bridgehead atoms. The molecule has 164 valence electrons. The maximum Gasteiger partial charge on any atom is 0.325 e. The molecule has 8 heteroatoms. The number of esters is 1. The van der Waals surface area contributed by atoms with Gasteiger partial charge in [0.15, 0.2) is 0 Å². The molecule has 0 spiro atoms. The van der Waals surface area contributed by atoms with E-state index in [0.717, 1.165) is 11.1 Å². The normalized spacial score (nSPS) is 11.7. The first kappa shape index (κ1) is 23.6. The molecule has 2 aromatic rings. The van der Waals surface area contributed by atoms with Crippen molar-refractivity contribution in [1.82, 2.24) is 4.90 Å². The van der Waals surface area contributed by atoms with Crippen molar-refractivity contribution >= 4 is 17.6 Å². The second-order valence-electron chi connectivity index (χ2n) is 6.60. The van der Waals surface area contributed by atoms with Gasteiger partial charge in [0.05, 0.1) is 35.5 Å². The SMILES string of the molecule is COC(=O)C(Cl)CN(Cc1cc(OC)cc(OC)c1)Cc1cc(OC)cc(OC)c1. The standard InChI is InChI=1S/C22H28ClNO6/c1-26-17-6-15(7-18(10-17)27-2)12-24(14-21(23)22(25)30-5)13-16-8-19(28-3)11-20(9-16)29-4/h6-11,21H,12-14H2,1-5H3. The molecule has 1 atom stereocenters. The van der Waals surface area contributed by atoms with Gasteiger partial charge in [-0.2, -0.15) is 0 Å². The molecule has 0 fully saturated rings. The molecule has 2 rings (SSSR count). The Bertz CT molecular complexity index is 742. The third-order valence-corrected chi connectivity index (χ3v) is 4.83. The van der Waals surface area contributed by atoms with Crippen LogP contribution in [-0.4, -0.2) is 58.3 Å². The number of ether oxygens (including phenoxy) is 5. The molecule has 1 unspecified atom stereocenters. The summed E-state index contributed by atoms with van der Waals surface area (Å²) in [6, 6.07) is 11.3. The summed E-state index contributed by atoms with van der Waals surface area (Å²) in [6.45, 7) is 1.30. The average molecular weight is 438 g/mol. The van der Waals surface area contributed by atoms with Crippen LogP contribution in [0.25, 0.3) is 0 Å². The van der Waals surface area contributed by atoms with Crippen molar-refractivity contribution in [3.8, 4) is 23.0 Å². The highest BCUT2D eigenvalue weighted by Crippen LogP contribution is 2.26. The van der Waals surface area contributed by atoms with Crippen molar-refractivity contribution < 1.29 is 28.5 Å². The van der Waals surface area contributed by atoms with E-state index in [9.17, 15) is 4.79 Å². The topological polar surface area (TPSA) is 66.5 Å². The summed E-state index contributed by atoms with van der Waals surface area (Å²) in [4.78, 5) is 13.9. The van der Waals surface area contributed by atoms with Gasteiger partial charge in [0, 0.05) is 31.8 Å². The van der Waals surface area contributed by atoms with Crippen molar-refractivity contribution in [1.29, 1.82) is 0 Å². The van der Waals surface area contributed by atoms with Crippen molar-refractivity contribution in [3.05, 3.63) is 47.5 Å². The fourth-order valence-electron chi connectivity index (χ4n) is 3.05. The second-order valence-corrected chi connectivity index (χ2v) is 7.13. The van der Waals surface area contributed by atoms with Gasteiger partial charge in [-0.05, 0) is 35.4 Å². The largest absolute Gasteiger partial charge is 0.497 e. The van der Waals surface area contributed by atoms with Gasteiger partial charge >= 0.3 is 5.97 Å². The van der Waals surface area contributed by atoms with Crippen LogP contribution in [-0.2, 0) is 22.6 Å². The molecule has 0 saturated heterocycles. The molecule has 0 aromatic heterocycles. The van der Waals surface area contributed by atoms with Crippen molar-refractivity contribution in [2.45, 2.75) is 18.5 Å². The van der Waals surface area contributed by atoms with Gasteiger partial charge in [-0.25, -0.2) is 0 Å². The highest BCUT2D eigenvalue weighted by molar-refractivity contribution is 6.30. The molecule has 2 aromatic carbocycles. The molecular weight excluding hydrogens is 410 g/mol. The number of nitrogens with zero attached hydrogens (tertiary/aromatic N) is 1. The third-order valence-electron chi connectivity index (χ3n) is 4.51. The Hall–Kier alpha value is -2.64. The smallest absolute Gasteiger partial charge is 0.325 e.